The second-order valence-electron chi connectivity index (χ2n) is 9.26. The van der Waals surface area contributed by atoms with Gasteiger partial charge < -0.3 is 19.4 Å². The number of amides is 1. The van der Waals surface area contributed by atoms with Crippen molar-refractivity contribution in [3.63, 3.8) is 0 Å². The van der Waals surface area contributed by atoms with E-state index < -0.39 is 0 Å². The number of carbonyl (C=O) groups excluding carboxylic acids is 1. The van der Waals surface area contributed by atoms with Crippen molar-refractivity contribution in [2.45, 2.75) is 38.8 Å². The maximum absolute atomic E-state index is 13.3. The summed E-state index contributed by atoms with van der Waals surface area (Å²) < 4.78 is 11.6. The third-order valence-corrected chi connectivity index (χ3v) is 6.93. The molecule has 0 bridgehead atoms. The molecule has 1 aliphatic rings. The lowest BCUT2D eigenvalue weighted by molar-refractivity contribution is -0.138. The number of ether oxygens (including phenoxy) is 2. The van der Waals surface area contributed by atoms with Crippen LogP contribution >= 0.6 is 0 Å². The average Bonchev–Trinajstić information content (AvgIpc) is 3.28. The highest BCUT2D eigenvalue weighted by Crippen LogP contribution is 2.32. The zero-order chi connectivity index (χ0) is 24.0. The largest absolute Gasteiger partial charge is 0.493 e. The molecule has 0 atom stereocenters. The summed E-state index contributed by atoms with van der Waals surface area (Å²) in [6, 6.07) is 24.4. The number of nitrogens with zero attached hydrogens (tertiary/aromatic N) is 1. The number of H-pyrrole nitrogens is 1. The minimum atomic E-state index is 0.161. The maximum Gasteiger partial charge on any atom is 0.225 e. The van der Waals surface area contributed by atoms with Crippen molar-refractivity contribution in [2.24, 2.45) is 5.92 Å². The topological polar surface area (TPSA) is 54.6 Å². The molecule has 35 heavy (non-hydrogen) atoms. The van der Waals surface area contributed by atoms with Crippen LogP contribution in [0.25, 0.3) is 10.9 Å². The lowest BCUT2D eigenvalue weighted by Gasteiger charge is -2.32. The van der Waals surface area contributed by atoms with E-state index in [1.165, 1.54) is 10.9 Å². The highest BCUT2D eigenvalue weighted by atomic mass is 16.5. The number of hydrogen-bond acceptors (Lipinski definition) is 3. The average molecular weight is 469 g/mol. The molecule has 0 unspecified atom stereocenters. The molecule has 0 radical (unpaired) electrons. The summed E-state index contributed by atoms with van der Waals surface area (Å²) in [6.07, 6.45) is 6.03. The van der Waals surface area contributed by atoms with Gasteiger partial charge in [-0.3, -0.25) is 4.79 Å². The van der Waals surface area contributed by atoms with E-state index in [1.807, 2.05) is 59.5 Å². The number of para-hydroxylation sites is 1. The Bertz CT molecular complexity index is 1280. The summed E-state index contributed by atoms with van der Waals surface area (Å²) in [7, 11) is 1.66. The number of fused-ring (bicyclic) bond motifs is 1. The van der Waals surface area contributed by atoms with E-state index in [4.69, 9.17) is 9.47 Å². The van der Waals surface area contributed by atoms with Crippen LogP contribution in [-0.4, -0.2) is 29.4 Å². The van der Waals surface area contributed by atoms with Crippen LogP contribution < -0.4 is 9.47 Å². The highest BCUT2D eigenvalue weighted by molar-refractivity contribution is 5.83. The maximum atomic E-state index is 13.3. The zero-order valence-corrected chi connectivity index (χ0v) is 20.2. The third kappa shape index (κ3) is 5.35. The number of methoxy groups -OCH3 is 1. The molecule has 0 spiro atoms. The van der Waals surface area contributed by atoms with E-state index in [1.54, 1.807) is 7.11 Å². The summed E-state index contributed by atoms with van der Waals surface area (Å²) in [6.45, 7) is 1.73. The van der Waals surface area contributed by atoms with Gasteiger partial charge in [0.05, 0.1) is 7.11 Å². The quantitative estimate of drug-likeness (QED) is 0.305. The normalized spacial score (nSPS) is 13.4. The van der Waals surface area contributed by atoms with Gasteiger partial charge >= 0.3 is 0 Å². The van der Waals surface area contributed by atoms with Gasteiger partial charge in [0.2, 0.25) is 5.91 Å². The number of rotatable bonds is 10. The predicted octanol–water partition coefficient (Wildman–Crippen LogP) is 6.13. The summed E-state index contributed by atoms with van der Waals surface area (Å²) in [5.74, 6) is 1.81. The Labute approximate surface area is 206 Å². The van der Waals surface area contributed by atoms with Gasteiger partial charge in [-0.15, -0.1) is 0 Å². The number of benzene rings is 3. The monoisotopic (exact) mass is 468 g/mol. The van der Waals surface area contributed by atoms with Gasteiger partial charge in [0.1, 0.15) is 6.61 Å². The van der Waals surface area contributed by atoms with E-state index in [0.29, 0.717) is 31.2 Å². The molecule has 0 aliphatic heterocycles. The predicted molar refractivity (Wildman–Crippen MR) is 139 cm³/mol. The molecule has 5 rings (SSSR count). The molecule has 180 valence electrons. The second-order valence-corrected chi connectivity index (χ2v) is 9.26. The van der Waals surface area contributed by atoms with Crippen molar-refractivity contribution in [1.82, 2.24) is 9.88 Å². The molecule has 1 saturated carbocycles. The summed E-state index contributed by atoms with van der Waals surface area (Å²) in [4.78, 5) is 18.7. The van der Waals surface area contributed by atoms with Crippen LogP contribution in [0.3, 0.4) is 0 Å². The fourth-order valence-electron chi connectivity index (χ4n) is 4.66. The lowest BCUT2D eigenvalue weighted by atomic mass is 9.84. The Morgan fingerprint density at radius 1 is 0.971 bits per heavy atom. The van der Waals surface area contributed by atoms with Crippen molar-refractivity contribution in [3.05, 3.63) is 95.7 Å². The van der Waals surface area contributed by atoms with Crippen molar-refractivity contribution >= 4 is 16.8 Å². The summed E-state index contributed by atoms with van der Waals surface area (Å²) in [5.41, 5.74) is 4.53. The molecular formula is C30H32N2O3. The Morgan fingerprint density at radius 2 is 1.77 bits per heavy atom. The van der Waals surface area contributed by atoms with Crippen LogP contribution in [0.5, 0.6) is 11.5 Å². The fraction of sp³-hybridized carbons (Fsp3) is 0.300. The van der Waals surface area contributed by atoms with E-state index in [2.05, 4.69) is 29.4 Å². The molecule has 5 heteroatoms. The van der Waals surface area contributed by atoms with Gasteiger partial charge in [0, 0.05) is 36.1 Å². The van der Waals surface area contributed by atoms with Gasteiger partial charge in [0.15, 0.2) is 11.5 Å². The molecule has 1 heterocycles. The Balaban J connectivity index is 1.30. The number of nitrogens with one attached hydrogen (secondary N) is 1. The van der Waals surface area contributed by atoms with Gasteiger partial charge in [-0.2, -0.15) is 0 Å². The molecule has 1 aliphatic carbocycles. The number of aromatic nitrogens is 1. The van der Waals surface area contributed by atoms with Crippen molar-refractivity contribution < 1.29 is 14.3 Å². The van der Waals surface area contributed by atoms with E-state index in [0.717, 1.165) is 42.3 Å². The molecule has 4 aromatic rings. The standard InChI is InChI=1S/C30H32N2O3/c1-34-29-18-23(14-15-28(29)35-21-22-8-3-2-4-9-22)20-32(30(33)24-10-7-11-24)17-16-25-19-31-27-13-6-5-12-26(25)27/h2-6,8-9,12-15,18-19,24,31H,7,10-11,16-17,20-21H2,1H3. The first kappa shape index (κ1) is 23.0. The SMILES string of the molecule is COc1cc(CN(CCc2c[nH]c3ccccc23)C(=O)C2CCC2)ccc1OCc1ccccc1. The van der Waals surface area contributed by atoms with Gasteiger partial charge in [-0.25, -0.2) is 0 Å². The van der Waals surface area contributed by atoms with E-state index in [-0.39, 0.29) is 11.8 Å². The summed E-state index contributed by atoms with van der Waals surface area (Å²) >= 11 is 0. The first-order valence-corrected chi connectivity index (χ1v) is 12.4. The van der Waals surface area contributed by atoms with Gasteiger partial charge in [0.25, 0.3) is 0 Å². The van der Waals surface area contributed by atoms with E-state index >= 15 is 0 Å². The Kier molecular flexibility index (Phi) is 7.03. The van der Waals surface area contributed by atoms with Crippen LogP contribution in [-0.2, 0) is 24.4 Å². The highest BCUT2D eigenvalue weighted by Gasteiger charge is 2.29. The van der Waals surface area contributed by atoms with Gasteiger partial charge in [-0.1, -0.05) is 61.0 Å². The smallest absolute Gasteiger partial charge is 0.225 e. The molecule has 1 aromatic heterocycles. The first-order valence-electron chi connectivity index (χ1n) is 12.4. The second kappa shape index (κ2) is 10.7. The van der Waals surface area contributed by atoms with Gasteiger partial charge in [-0.05, 0) is 54.2 Å². The molecular weight excluding hydrogens is 436 g/mol. The van der Waals surface area contributed by atoms with Crippen LogP contribution in [0.4, 0.5) is 0 Å². The van der Waals surface area contributed by atoms with Crippen molar-refractivity contribution in [2.75, 3.05) is 13.7 Å². The van der Waals surface area contributed by atoms with Crippen LogP contribution in [0.15, 0.2) is 79.0 Å². The number of hydrogen-bond donors (Lipinski definition) is 1. The number of carbonyl (C=O) groups is 1. The Hall–Kier alpha value is -3.73. The molecule has 1 N–H and O–H groups in total. The summed E-state index contributed by atoms with van der Waals surface area (Å²) in [5, 5.41) is 1.23. The van der Waals surface area contributed by atoms with Crippen LogP contribution in [0.2, 0.25) is 0 Å². The minimum Gasteiger partial charge on any atom is -0.493 e. The lowest BCUT2D eigenvalue weighted by Crippen LogP contribution is -2.39. The van der Waals surface area contributed by atoms with Crippen LogP contribution in [0, 0.1) is 5.92 Å². The van der Waals surface area contributed by atoms with Crippen LogP contribution in [0.1, 0.15) is 36.0 Å². The molecule has 3 aromatic carbocycles. The molecule has 1 fully saturated rings. The number of aromatic amines is 1. The van der Waals surface area contributed by atoms with E-state index in [9.17, 15) is 4.79 Å². The zero-order valence-electron chi connectivity index (χ0n) is 20.2. The molecule has 5 nitrogen and oxygen atoms in total. The third-order valence-electron chi connectivity index (χ3n) is 6.93. The minimum absolute atomic E-state index is 0.161. The Morgan fingerprint density at radius 3 is 2.54 bits per heavy atom. The fourth-order valence-corrected chi connectivity index (χ4v) is 4.66. The molecule has 1 amide bonds. The molecule has 0 saturated heterocycles. The van der Waals surface area contributed by atoms with Crippen molar-refractivity contribution in [1.29, 1.82) is 0 Å². The first-order chi connectivity index (χ1) is 17.2. The van der Waals surface area contributed by atoms with Crippen molar-refractivity contribution in [3.8, 4) is 11.5 Å².